The van der Waals surface area contributed by atoms with Crippen molar-refractivity contribution < 1.29 is 0 Å². The van der Waals surface area contributed by atoms with Gasteiger partial charge in [-0.25, -0.2) is 0 Å². The quantitative estimate of drug-likeness (QED) is 0.723. The summed E-state index contributed by atoms with van der Waals surface area (Å²) in [6.45, 7) is 3.07. The number of aromatic amines is 1. The highest BCUT2D eigenvalue weighted by Gasteiger charge is 2.06. The summed E-state index contributed by atoms with van der Waals surface area (Å²) in [6.07, 6.45) is 0. The maximum absolute atomic E-state index is 3.54. The van der Waals surface area contributed by atoms with Crippen molar-refractivity contribution in [2.75, 3.05) is 0 Å². The van der Waals surface area contributed by atoms with Gasteiger partial charge in [0.1, 0.15) is 0 Å². The number of para-hydroxylation sites is 1. The largest absolute Gasteiger partial charge is 0.357 e. The van der Waals surface area contributed by atoms with Crippen LogP contribution in [0, 0.1) is 0 Å². The third-order valence-electron chi connectivity index (χ3n) is 3.15. The molecule has 0 saturated carbocycles. The molecule has 0 unspecified atom stereocenters. The standard InChI is InChI=1S/C15H16N2S/c1-11(15-7-4-8-18-15)16-10-13-9-12-5-2-3-6-14(12)17-13/h2-9,11,16-17H,10H2,1H3/t11-/m1/s1. The molecule has 2 N–H and O–H groups in total. The first-order valence-electron chi connectivity index (χ1n) is 6.16. The van der Waals surface area contributed by atoms with Crippen LogP contribution in [0.4, 0.5) is 0 Å². The van der Waals surface area contributed by atoms with Crippen LogP contribution >= 0.6 is 11.3 Å². The van der Waals surface area contributed by atoms with Crippen LogP contribution < -0.4 is 5.32 Å². The first kappa shape index (κ1) is 11.5. The van der Waals surface area contributed by atoms with E-state index in [0.717, 1.165) is 6.54 Å². The fraction of sp³-hybridized carbons (Fsp3) is 0.200. The van der Waals surface area contributed by atoms with Crippen molar-refractivity contribution in [2.24, 2.45) is 0 Å². The molecule has 0 radical (unpaired) electrons. The number of nitrogens with one attached hydrogen (secondary N) is 2. The van der Waals surface area contributed by atoms with Crippen LogP contribution in [0.25, 0.3) is 10.9 Å². The van der Waals surface area contributed by atoms with Gasteiger partial charge < -0.3 is 10.3 Å². The van der Waals surface area contributed by atoms with E-state index in [1.54, 1.807) is 11.3 Å². The average Bonchev–Trinajstić information content (AvgIpc) is 3.04. The Morgan fingerprint density at radius 2 is 2.11 bits per heavy atom. The van der Waals surface area contributed by atoms with E-state index in [1.807, 2.05) is 0 Å². The number of hydrogen-bond donors (Lipinski definition) is 2. The maximum Gasteiger partial charge on any atom is 0.0456 e. The Kier molecular flexibility index (Phi) is 3.17. The Balaban J connectivity index is 1.69. The summed E-state index contributed by atoms with van der Waals surface area (Å²) < 4.78 is 0. The monoisotopic (exact) mass is 256 g/mol. The highest BCUT2D eigenvalue weighted by Crippen LogP contribution is 2.19. The van der Waals surface area contributed by atoms with E-state index in [-0.39, 0.29) is 0 Å². The molecular formula is C15H16N2S. The highest BCUT2D eigenvalue weighted by molar-refractivity contribution is 7.10. The first-order chi connectivity index (χ1) is 8.83. The van der Waals surface area contributed by atoms with E-state index >= 15 is 0 Å². The van der Waals surface area contributed by atoms with Crippen LogP contribution in [0.1, 0.15) is 23.5 Å². The molecule has 18 heavy (non-hydrogen) atoms. The Morgan fingerprint density at radius 1 is 1.22 bits per heavy atom. The lowest BCUT2D eigenvalue weighted by Crippen LogP contribution is -2.17. The lowest BCUT2D eigenvalue weighted by atomic mass is 10.2. The van der Waals surface area contributed by atoms with Gasteiger partial charge in [-0.1, -0.05) is 24.3 Å². The molecule has 0 spiro atoms. The van der Waals surface area contributed by atoms with Gasteiger partial charge >= 0.3 is 0 Å². The highest BCUT2D eigenvalue weighted by atomic mass is 32.1. The summed E-state index contributed by atoms with van der Waals surface area (Å²) in [5.41, 5.74) is 2.44. The van der Waals surface area contributed by atoms with Crippen LogP contribution in [0.5, 0.6) is 0 Å². The Morgan fingerprint density at radius 3 is 2.89 bits per heavy atom. The molecule has 0 saturated heterocycles. The zero-order valence-corrected chi connectivity index (χ0v) is 11.1. The average molecular weight is 256 g/mol. The van der Waals surface area contributed by atoms with Gasteiger partial charge in [0, 0.05) is 28.7 Å². The van der Waals surface area contributed by atoms with Gasteiger partial charge in [-0.15, -0.1) is 11.3 Å². The molecule has 1 aromatic carbocycles. The zero-order chi connectivity index (χ0) is 12.4. The molecule has 2 nitrogen and oxygen atoms in total. The molecule has 0 amide bonds. The summed E-state index contributed by atoms with van der Waals surface area (Å²) in [4.78, 5) is 4.82. The number of rotatable bonds is 4. The number of benzene rings is 1. The summed E-state index contributed by atoms with van der Waals surface area (Å²) in [5, 5.41) is 6.94. The zero-order valence-electron chi connectivity index (χ0n) is 10.3. The van der Waals surface area contributed by atoms with Gasteiger partial charge in [0.25, 0.3) is 0 Å². The van der Waals surface area contributed by atoms with E-state index in [1.165, 1.54) is 21.5 Å². The van der Waals surface area contributed by atoms with Crippen molar-refractivity contribution in [1.29, 1.82) is 0 Å². The number of aromatic nitrogens is 1. The molecular weight excluding hydrogens is 240 g/mol. The first-order valence-corrected chi connectivity index (χ1v) is 7.04. The van der Waals surface area contributed by atoms with E-state index < -0.39 is 0 Å². The van der Waals surface area contributed by atoms with Gasteiger partial charge in [0.05, 0.1) is 0 Å². The molecule has 3 rings (SSSR count). The number of thiophene rings is 1. The molecule has 0 bridgehead atoms. The SMILES string of the molecule is C[C@@H](NCc1cc2ccccc2[nH]1)c1cccs1. The summed E-state index contributed by atoms with van der Waals surface area (Å²) in [5.74, 6) is 0. The minimum Gasteiger partial charge on any atom is -0.357 e. The van der Waals surface area contributed by atoms with Crippen molar-refractivity contribution >= 4 is 22.2 Å². The van der Waals surface area contributed by atoms with Crippen molar-refractivity contribution in [3.63, 3.8) is 0 Å². The second kappa shape index (κ2) is 4.96. The van der Waals surface area contributed by atoms with Crippen LogP contribution in [-0.4, -0.2) is 4.98 Å². The minimum atomic E-state index is 0.399. The predicted octanol–water partition coefficient (Wildman–Crippen LogP) is 4.08. The Hall–Kier alpha value is -1.58. The Labute approximate surface area is 111 Å². The molecule has 3 aromatic rings. The van der Waals surface area contributed by atoms with Crippen molar-refractivity contribution in [3.8, 4) is 0 Å². The number of H-pyrrole nitrogens is 1. The van der Waals surface area contributed by atoms with E-state index in [0.29, 0.717) is 6.04 Å². The van der Waals surface area contributed by atoms with Crippen LogP contribution in [0.2, 0.25) is 0 Å². The molecule has 92 valence electrons. The maximum atomic E-state index is 3.54. The van der Waals surface area contributed by atoms with Gasteiger partial charge in [0.2, 0.25) is 0 Å². The van der Waals surface area contributed by atoms with Crippen LogP contribution in [0.15, 0.2) is 47.8 Å². The van der Waals surface area contributed by atoms with E-state index in [9.17, 15) is 0 Å². The third kappa shape index (κ3) is 2.33. The summed E-state index contributed by atoms with van der Waals surface area (Å²) in [6, 6.07) is 15.3. The Bertz CT molecular complexity index is 592. The minimum absolute atomic E-state index is 0.399. The molecule has 0 fully saturated rings. The van der Waals surface area contributed by atoms with Gasteiger partial charge in [-0.05, 0) is 35.9 Å². The van der Waals surface area contributed by atoms with Crippen molar-refractivity contribution in [3.05, 3.63) is 58.4 Å². The molecule has 2 heterocycles. The molecule has 3 heteroatoms. The molecule has 0 aliphatic carbocycles. The fourth-order valence-electron chi connectivity index (χ4n) is 2.13. The van der Waals surface area contributed by atoms with E-state index in [2.05, 4.69) is 65.1 Å². The van der Waals surface area contributed by atoms with Gasteiger partial charge in [0.15, 0.2) is 0 Å². The second-order valence-corrected chi connectivity index (χ2v) is 5.48. The van der Waals surface area contributed by atoms with E-state index in [4.69, 9.17) is 0 Å². The summed E-state index contributed by atoms with van der Waals surface area (Å²) in [7, 11) is 0. The smallest absolute Gasteiger partial charge is 0.0456 e. The predicted molar refractivity (Wildman–Crippen MR) is 77.9 cm³/mol. The molecule has 2 aromatic heterocycles. The third-order valence-corrected chi connectivity index (χ3v) is 4.21. The lowest BCUT2D eigenvalue weighted by Gasteiger charge is -2.10. The molecule has 0 aliphatic rings. The van der Waals surface area contributed by atoms with Crippen molar-refractivity contribution in [1.82, 2.24) is 10.3 Å². The topological polar surface area (TPSA) is 27.8 Å². The van der Waals surface area contributed by atoms with Gasteiger partial charge in [-0.3, -0.25) is 0 Å². The second-order valence-electron chi connectivity index (χ2n) is 4.50. The normalized spacial score (nSPS) is 12.9. The van der Waals surface area contributed by atoms with Crippen molar-refractivity contribution in [2.45, 2.75) is 19.5 Å². The van der Waals surface area contributed by atoms with Crippen LogP contribution in [-0.2, 0) is 6.54 Å². The molecule has 0 aliphatic heterocycles. The summed E-state index contributed by atoms with van der Waals surface area (Å²) >= 11 is 1.80. The molecule has 1 atom stereocenters. The lowest BCUT2D eigenvalue weighted by molar-refractivity contribution is 0.577. The van der Waals surface area contributed by atoms with Crippen LogP contribution in [0.3, 0.4) is 0 Å². The number of hydrogen-bond acceptors (Lipinski definition) is 2. The van der Waals surface area contributed by atoms with Gasteiger partial charge in [-0.2, -0.15) is 0 Å². The number of fused-ring (bicyclic) bond motifs is 1. The fourth-order valence-corrected chi connectivity index (χ4v) is 2.89.